The van der Waals surface area contributed by atoms with Crippen molar-refractivity contribution < 1.29 is 118 Å². The van der Waals surface area contributed by atoms with Gasteiger partial charge in [0.25, 0.3) is 0 Å². The van der Waals surface area contributed by atoms with E-state index in [9.17, 15) is 28.8 Å². The third-order valence-electron chi connectivity index (χ3n) is 9.14. The number of carbonyl (C=O) groups excluding carboxylic acids is 6. The largest absolute Gasteiger partial charge is 0.520 e. The number of nitrogens with one attached hydrogen (secondary N) is 1. The molecule has 3 amide bonds. The van der Waals surface area contributed by atoms with E-state index in [1.54, 1.807) is 23.0 Å². The Bertz CT molecular complexity index is 1660. The van der Waals surface area contributed by atoms with Gasteiger partial charge in [0.1, 0.15) is 19.0 Å². The first kappa shape index (κ1) is 113. The SMILES string of the molecule is CC.CC.CC.CC.CC.CC(=O)CO.CC(=O)CO.CC(=O)N1CC(N2CCN([C-]=O)CC2)C1.CC(C)=O.CS.I[I-]I(I)I.O=[C-]N1CCN(C2CNC2)CC1.[B]B([B])[B].[Y].[Y].c1ccccc1.c1ccccc1.c1ccccc1.c1ccccc1. The number of aliphatic hydroxyl groups excluding tert-OH is 2. The molecule has 494 valence electrons. The Morgan fingerprint density at radius 2 is 0.670 bits per heavy atom. The van der Waals surface area contributed by atoms with E-state index in [4.69, 9.17) is 10.2 Å². The molecule has 0 aliphatic carbocycles. The van der Waals surface area contributed by atoms with Crippen molar-refractivity contribution in [2.24, 2.45) is 0 Å². The number of benzene rings is 4. The van der Waals surface area contributed by atoms with Crippen LogP contribution >= 0.6 is 76.4 Å². The Labute approximate surface area is 639 Å². The minimum absolute atomic E-state index is 0. The molecule has 0 unspecified atom stereocenters. The molecule has 4 aliphatic heterocycles. The topological polar surface area (TPSA) is 171 Å². The van der Waals surface area contributed by atoms with Crippen LogP contribution in [-0.4, -0.2) is 210 Å². The molecular weight excluding hydrogens is 1840 g/mol. The number of halogens is 5. The summed E-state index contributed by atoms with van der Waals surface area (Å²) in [5.74, 6) is -0.0545. The Balaban J connectivity index is -0.0000000829. The Morgan fingerprint density at radius 3 is 0.784 bits per heavy atom. The Kier molecular flexibility index (Phi) is 127. The number of nitrogens with zero attached hydrogens (tertiary/aromatic N) is 5. The molecule has 4 fully saturated rings. The molecule has 4 aliphatic rings. The standard InChI is InChI=1S/C10H16N3O2.C8H14N3O.4C6H6.2C3H6O2.C3H6O.5C2H6.CH4S.B4.I5.2Y/c1-9(15)13-6-10(7-13)12-4-2-11(8-14)3-5-12;12-7-10-1-3-11(4-2-10)8-5-9-6-8;4*1-2-4-6-5-3-1;2*1-3(5)2-4;1-3(2)4;6*1-2;1-4(2)3;1-4-5(2)3;;/h10H,2-7H2,1H3;8-9H,1-6H2;4*1-6H;2*4H,2H2,1H3;1-2H3;5*1-2H3;2H,1H3;;;;/q2*-1;;;;;;;;;;;;;;;-1;;. The van der Waals surface area contributed by atoms with Gasteiger partial charge >= 0.3 is 77.0 Å². The van der Waals surface area contributed by atoms with Gasteiger partial charge in [-0.3, -0.25) is 24.2 Å². The molecule has 4 heterocycles. The zero-order valence-corrected chi connectivity index (χ0v) is 73.2. The summed E-state index contributed by atoms with van der Waals surface area (Å²) in [6, 6.07) is 49.2. The van der Waals surface area contributed by atoms with E-state index in [-0.39, 0.29) is 110 Å². The third kappa shape index (κ3) is 97.6. The molecule has 3 N–H and O–H groups in total. The first-order chi connectivity index (χ1) is 41.4. The molecule has 8 radical (unpaired) electrons. The van der Waals surface area contributed by atoms with Crippen molar-refractivity contribution in [3.8, 4) is 0 Å². The summed E-state index contributed by atoms with van der Waals surface area (Å²) in [5.41, 5.74) is 0. The van der Waals surface area contributed by atoms with Crippen LogP contribution in [0.2, 0.25) is 0 Å². The summed E-state index contributed by atoms with van der Waals surface area (Å²) < 4.78 is 0. The number of thiol groups is 1. The third-order valence-corrected chi connectivity index (χ3v) is 91.8. The molecule has 8 rings (SSSR count). The van der Waals surface area contributed by atoms with Crippen LogP contribution < -0.4 is 18.6 Å². The minimum atomic E-state index is -0.667. The van der Waals surface area contributed by atoms with E-state index in [1.807, 2.05) is 233 Å². The summed E-state index contributed by atoms with van der Waals surface area (Å²) in [7, 11) is 13.8. The van der Waals surface area contributed by atoms with Gasteiger partial charge in [0.05, 0.1) is 0 Å². The average Bonchev–Trinajstić information content (AvgIpc) is 3.74. The van der Waals surface area contributed by atoms with E-state index in [0.717, 1.165) is 84.6 Å². The van der Waals surface area contributed by atoms with Crippen molar-refractivity contribution >= 4 is 142 Å². The Hall–Kier alpha value is 0.568. The molecule has 4 aromatic rings. The normalized spacial score (nSPS) is 12.4. The molecule has 0 bridgehead atoms. The number of hydrogen-bond acceptors (Lipinski definition) is 12. The Morgan fingerprint density at radius 1 is 0.500 bits per heavy atom. The molecule has 0 spiro atoms. The second-order valence-corrected chi connectivity index (χ2v) is 80.6. The monoisotopic (exact) mass is 1950 g/mol. The average molecular weight is 1950 g/mol. The minimum Gasteiger partial charge on any atom is -0.520 e. The number of likely N-dealkylation sites (tertiary alicyclic amines) is 1. The number of rotatable bonds is 7. The summed E-state index contributed by atoms with van der Waals surface area (Å²) in [4.78, 5) is 70.3. The zero-order valence-electron chi connectivity index (χ0n) is 55.8. The van der Waals surface area contributed by atoms with Crippen LogP contribution in [0.25, 0.3) is 0 Å². The molecule has 0 aromatic heterocycles. The molecule has 4 saturated heterocycles. The number of Topliss-reactive ketones (excluding diaryl/α,β-unsaturated/α-hetero) is 3. The van der Waals surface area contributed by atoms with Gasteiger partial charge < -0.3 is 44.6 Å². The number of carbonyl (C=O) groups is 4. The van der Waals surface area contributed by atoms with Crippen LogP contribution in [-0.2, 0) is 94.2 Å². The van der Waals surface area contributed by atoms with Gasteiger partial charge in [0.2, 0.25) is 5.91 Å². The second kappa shape index (κ2) is 98.6. The van der Waals surface area contributed by atoms with Crippen LogP contribution in [0.5, 0.6) is 0 Å². The summed E-state index contributed by atoms with van der Waals surface area (Å²) in [6.07, 6.45) is 4.89. The maximum Gasteiger partial charge on any atom is 0.0346 e. The van der Waals surface area contributed by atoms with Crippen LogP contribution in [0.15, 0.2) is 146 Å². The molecule has 26 heteroatoms. The van der Waals surface area contributed by atoms with Gasteiger partial charge in [-0.1, -0.05) is 215 Å². The fourth-order valence-electron chi connectivity index (χ4n) is 5.37. The van der Waals surface area contributed by atoms with Gasteiger partial charge in [0, 0.05) is 193 Å². The quantitative estimate of drug-likeness (QED) is 0.0604. The van der Waals surface area contributed by atoms with Crippen molar-refractivity contribution in [1.29, 1.82) is 0 Å². The summed E-state index contributed by atoms with van der Waals surface area (Å²) in [6.45, 7) is 37.7. The van der Waals surface area contributed by atoms with Gasteiger partial charge in [-0.25, -0.2) is 0 Å². The first-order valence-corrected chi connectivity index (χ1v) is 54.8. The van der Waals surface area contributed by atoms with E-state index in [0.29, 0.717) is 19.3 Å². The van der Waals surface area contributed by atoms with Crippen molar-refractivity contribution in [2.75, 3.05) is 98.0 Å². The van der Waals surface area contributed by atoms with Crippen LogP contribution in [0.4, 0.5) is 0 Å². The second-order valence-electron chi connectivity index (χ2n) is 15.7. The van der Waals surface area contributed by atoms with Crippen molar-refractivity contribution in [3.63, 3.8) is 0 Å². The van der Waals surface area contributed by atoms with Crippen LogP contribution in [0.3, 0.4) is 0 Å². The molecular formula is C62H106B4I5N6O8SY2-3. The van der Waals surface area contributed by atoms with Crippen molar-refractivity contribution in [1.82, 2.24) is 29.8 Å². The van der Waals surface area contributed by atoms with E-state index >= 15 is 0 Å². The van der Waals surface area contributed by atoms with Gasteiger partial charge in [-0.2, -0.15) is 25.4 Å². The number of piperazine rings is 2. The fraction of sp³-hybridized carbons (Fsp3) is 0.516. The fourth-order valence-corrected chi connectivity index (χ4v) is 5.37. The van der Waals surface area contributed by atoms with E-state index in [2.05, 4.69) is 107 Å². The van der Waals surface area contributed by atoms with Crippen molar-refractivity contribution in [2.45, 2.75) is 116 Å². The van der Waals surface area contributed by atoms with Gasteiger partial charge in [0.15, 0.2) is 11.6 Å². The van der Waals surface area contributed by atoms with Gasteiger partial charge in [-0.15, -0.1) is 0 Å². The van der Waals surface area contributed by atoms with E-state index < -0.39 is 6.39 Å². The smallest absolute Gasteiger partial charge is 0.0346 e. The molecule has 14 nitrogen and oxygen atoms in total. The van der Waals surface area contributed by atoms with Crippen LogP contribution in [0.1, 0.15) is 104 Å². The van der Waals surface area contributed by atoms with Crippen LogP contribution in [0, 0.1) is 0 Å². The number of hydrogen-bond donors (Lipinski definition) is 4. The zero-order chi connectivity index (χ0) is 68.2. The molecule has 0 saturated carbocycles. The number of aliphatic hydroxyl groups is 2. The summed E-state index contributed by atoms with van der Waals surface area (Å²) in [5, 5.41) is 18.8. The van der Waals surface area contributed by atoms with E-state index in [1.165, 1.54) is 27.7 Å². The summed E-state index contributed by atoms with van der Waals surface area (Å²) >= 11 is 11.9. The first-order valence-electron chi connectivity index (χ1n) is 28.8. The predicted octanol–water partition coefficient (Wildman–Crippen LogP) is 8.72. The molecule has 0 atom stereocenters. The number of amides is 3. The predicted molar refractivity (Wildman–Crippen MR) is 409 cm³/mol. The maximum absolute atomic E-state index is 11.0. The molecule has 88 heavy (non-hydrogen) atoms. The molecule has 4 aromatic carbocycles. The maximum atomic E-state index is 11.0. The van der Waals surface area contributed by atoms with Gasteiger partial charge in [-0.05, 0) is 34.0 Å². The van der Waals surface area contributed by atoms with Crippen molar-refractivity contribution in [3.05, 3.63) is 146 Å². The number of ketones is 3.